The van der Waals surface area contributed by atoms with Gasteiger partial charge in [-0.05, 0) is 31.6 Å². The monoisotopic (exact) mass is 477 g/mol. The molecule has 34 heavy (non-hydrogen) atoms. The Balaban J connectivity index is 0.000000499. The second-order valence-corrected chi connectivity index (χ2v) is 9.25. The molecule has 0 amide bonds. The number of hydrogen-bond donors (Lipinski definition) is 0. The van der Waals surface area contributed by atoms with Gasteiger partial charge < -0.3 is 4.74 Å². The van der Waals surface area contributed by atoms with Gasteiger partial charge in [0.05, 0.1) is 5.41 Å². The summed E-state index contributed by atoms with van der Waals surface area (Å²) in [6.45, 7) is 4.59. The third kappa shape index (κ3) is 4.82. The van der Waals surface area contributed by atoms with Crippen LogP contribution in [-0.4, -0.2) is 17.3 Å². The maximum absolute atomic E-state index is 8.49. The van der Waals surface area contributed by atoms with Crippen LogP contribution in [0.2, 0.25) is 0 Å². The number of para-hydroxylation sites is 3. The average Bonchev–Trinajstić information content (AvgIpc) is 2.98. The number of hydrogen-bond acceptors (Lipinski definition) is 5. The quantitative estimate of drug-likeness (QED) is 0.409. The average molecular weight is 478 g/mol. The molecular weight excluding hydrogens is 454 g/mol. The number of fused-ring (bicyclic) bond motifs is 3. The smallest absolute Gasteiger partial charge is 0.209 e. The van der Waals surface area contributed by atoms with E-state index in [9.17, 15) is 0 Å². The second-order valence-electron chi connectivity index (χ2n) is 8.50. The Hall–Kier alpha value is -3.26. The van der Waals surface area contributed by atoms with Crippen LogP contribution in [0.5, 0.6) is 11.5 Å². The molecule has 0 saturated heterocycles. The molecule has 5 rings (SSSR count). The third-order valence-electron chi connectivity index (χ3n) is 6.03. The fraction of sp³-hybridized carbons (Fsp3) is 0.148. The van der Waals surface area contributed by atoms with Gasteiger partial charge in [0, 0.05) is 28.8 Å². The lowest BCUT2D eigenvalue weighted by atomic mass is 9.81. The van der Waals surface area contributed by atoms with Crippen molar-refractivity contribution in [3.63, 3.8) is 0 Å². The van der Waals surface area contributed by atoms with Gasteiger partial charge in [0.15, 0.2) is 5.71 Å². The first-order chi connectivity index (χ1) is 16.1. The minimum absolute atomic E-state index is 0.0220. The molecular formula is C27H24ClNO5. The Morgan fingerprint density at radius 3 is 1.85 bits per heavy atom. The van der Waals surface area contributed by atoms with Crippen molar-refractivity contribution in [1.82, 2.24) is 0 Å². The molecule has 3 aromatic carbocycles. The SMILES string of the molecule is C[N+]1=C(/C=C/C=C2c3ccccc3Oc3ccccc32)C(C)(C)c2ccccc21.[O-][Cl+3]([O-])([O-])[O-]. The summed E-state index contributed by atoms with van der Waals surface area (Å²) in [5, 5.41) is 0. The lowest BCUT2D eigenvalue weighted by molar-refractivity contribution is -2.00. The van der Waals surface area contributed by atoms with Crippen molar-refractivity contribution < 1.29 is 38.2 Å². The molecule has 0 saturated carbocycles. The maximum atomic E-state index is 8.49. The zero-order valence-corrected chi connectivity index (χ0v) is 19.8. The van der Waals surface area contributed by atoms with E-state index in [0.29, 0.717) is 0 Å². The molecule has 0 aliphatic carbocycles. The van der Waals surface area contributed by atoms with Crippen molar-refractivity contribution in [2.45, 2.75) is 19.3 Å². The molecule has 0 N–H and O–H groups in total. The van der Waals surface area contributed by atoms with Crippen LogP contribution in [-0.2, 0) is 5.41 Å². The molecule has 7 heteroatoms. The standard InChI is InChI=1S/C27H24NO.ClHO4/c1-27(2)22-14-6-7-15-23(22)28(3)26(27)18-10-13-19-20-11-4-8-16-24(20)29-25-17-9-5-12-21(19)25;2-1(3,4)5/h4-18H,1-3H3;(H,2,3,4,5)/q+1;/p-1/b18-10+;. The summed E-state index contributed by atoms with van der Waals surface area (Å²) in [5.74, 6) is 1.81. The molecule has 2 aliphatic heterocycles. The van der Waals surface area contributed by atoms with Crippen LogP contribution in [0.4, 0.5) is 5.69 Å². The zero-order valence-electron chi connectivity index (χ0n) is 19.0. The second kappa shape index (κ2) is 9.18. The molecule has 0 fully saturated rings. The normalized spacial score (nSPS) is 15.7. The van der Waals surface area contributed by atoms with Crippen LogP contribution in [0, 0.1) is 10.2 Å². The number of halogens is 1. The lowest BCUT2D eigenvalue weighted by Crippen LogP contribution is -2.68. The third-order valence-corrected chi connectivity index (χ3v) is 6.03. The fourth-order valence-corrected chi connectivity index (χ4v) is 4.54. The number of benzene rings is 3. The van der Waals surface area contributed by atoms with Gasteiger partial charge in [0.2, 0.25) is 5.69 Å². The molecule has 3 aromatic rings. The largest absolute Gasteiger partial charge is 0.456 e. The van der Waals surface area contributed by atoms with Crippen molar-refractivity contribution in [2.24, 2.45) is 0 Å². The summed E-state index contributed by atoms with van der Waals surface area (Å²) in [4.78, 5) is 0. The first kappa shape index (κ1) is 23.9. The Kier molecular flexibility index (Phi) is 6.45. The summed E-state index contributed by atoms with van der Waals surface area (Å²) in [6.07, 6.45) is 6.63. The molecule has 174 valence electrons. The number of rotatable bonds is 2. The van der Waals surface area contributed by atoms with Crippen LogP contribution in [0.15, 0.2) is 91.0 Å². The van der Waals surface area contributed by atoms with Gasteiger partial charge in [0.1, 0.15) is 18.5 Å². The van der Waals surface area contributed by atoms with Crippen molar-refractivity contribution >= 4 is 17.0 Å². The van der Waals surface area contributed by atoms with Crippen molar-refractivity contribution in [2.75, 3.05) is 7.05 Å². The summed E-state index contributed by atoms with van der Waals surface area (Å²) < 4.78 is 42.4. The fourth-order valence-electron chi connectivity index (χ4n) is 4.54. The van der Waals surface area contributed by atoms with E-state index in [2.05, 4.69) is 92.2 Å². The molecule has 0 unspecified atom stereocenters. The highest BCUT2D eigenvalue weighted by molar-refractivity contribution is 6.03. The molecule has 0 aromatic heterocycles. The number of ether oxygens (including phenoxy) is 1. The molecule has 2 heterocycles. The number of nitrogens with zero attached hydrogens (tertiary/aromatic N) is 1. The Labute approximate surface area is 200 Å². The van der Waals surface area contributed by atoms with Gasteiger partial charge in [-0.3, -0.25) is 0 Å². The highest BCUT2D eigenvalue weighted by Crippen LogP contribution is 2.43. The first-order valence-electron chi connectivity index (χ1n) is 10.6. The predicted octanol–water partition coefficient (Wildman–Crippen LogP) is 1.73. The zero-order chi connectivity index (χ0) is 24.5. The van der Waals surface area contributed by atoms with Crippen LogP contribution in [0.3, 0.4) is 0 Å². The van der Waals surface area contributed by atoms with Gasteiger partial charge in [0.25, 0.3) is 0 Å². The van der Waals surface area contributed by atoms with Crippen LogP contribution in [0.25, 0.3) is 5.57 Å². The topological polar surface area (TPSA) is 104 Å². The maximum Gasteiger partial charge on any atom is 0.209 e. The Bertz CT molecular complexity index is 1260. The molecule has 2 aliphatic rings. The van der Waals surface area contributed by atoms with Crippen LogP contribution < -0.4 is 23.4 Å². The predicted molar refractivity (Wildman–Crippen MR) is 119 cm³/mol. The summed E-state index contributed by atoms with van der Waals surface area (Å²) >= 11 is 0. The molecule has 0 radical (unpaired) electrons. The van der Waals surface area contributed by atoms with E-state index in [1.807, 2.05) is 24.3 Å². The molecule has 6 nitrogen and oxygen atoms in total. The van der Waals surface area contributed by atoms with E-state index in [1.54, 1.807) is 0 Å². The Morgan fingerprint density at radius 2 is 1.29 bits per heavy atom. The summed E-state index contributed by atoms with van der Waals surface area (Å²) in [5.41, 5.74) is 7.38. The van der Waals surface area contributed by atoms with E-state index >= 15 is 0 Å². The van der Waals surface area contributed by atoms with Gasteiger partial charge >= 0.3 is 0 Å². The first-order valence-corrected chi connectivity index (χ1v) is 11.9. The number of allylic oxidation sites excluding steroid dienone is 3. The molecule has 0 bridgehead atoms. The Morgan fingerprint density at radius 1 is 0.794 bits per heavy atom. The van der Waals surface area contributed by atoms with Gasteiger partial charge in [-0.2, -0.15) is 4.58 Å². The van der Waals surface area contributed by atoms with E-state index in [-0.39, 0.29) is 5.41 Å². The van der Waals surface area contributed by atoms with Gasteiger partial charge in [-0.25, -0.2) is 18.6 Å². The van der Waals surface area contributed by atoms with Crippen molar-refractivity contribution in [3.05, 3.63) is 108 Å². The van der Waals surface area contributed by atoms with Gasteiger partial charge in [-0.15, -0.1) is 10.2 Å². The summed E-state index contributed by atoms with van der Waals surface area (Å²) in [7, 11) is -2.79. The van der Waals surface area contributed by atoms with Gasteiger partial charge in [-0.1, -0.05) is 66.7 Å². The van der Waals surface area contributed by atoms with E-state index in [4.69, 9.17) is 23.4 Å². The van der Waals surface area contributed by atoms with Crippen molar-refractivity contribution in [1.29, 1.82) is 0 Å². The van der Waals surface area contributed by atoms with E-state index in [0.717, 1.165) is 22.6 Å². The minimum Gasteiger partial charge on any atom is -0.456 e. The van der Waals surface area contributed by atoms with E-state index < -0.39 is 10.2 Å². The van der Waals surface area contributed by atoms with E-state index in [1.165, 1.54) is 22.5 Å². The van der Waals surface area contributed by atoms with Crippen LogP contribution in [0.1, 0.15) is 30.5 Å². The van der Waals surface area contributed by atoms with Crippen molar-refractivity contribution in [3.8, 4) is 11.5 Å². The molecule has 0 atom stereocenters. The highest BCUT2D eigenvalue weighted by Gasteiger charge is 2.42. The lowest BCUT2D eigenvalue weighted by Gasteiger charge is -2.22. The van der Waals surface area contributed by atoms with Crippen LogP contribution >= 0.6 is 0 Å². The summed E-state index contributed by atoms with van der Waals surface area (Å²) in [6, 6.07) is 25.1. The highest BCUT2D eigenvalue weighted by atomic mass is 35.7. The molecule has 0 spiro atoms. The minimum atomic E-state index is -4.94.